The molecule has 4 nitrogen and oxygen atoms in total. The lowest BCUT2D eigenvalue weighted by Crippen LogP contribution is -2.43. The molecule has 0 aliphatic heterocycles. The molecule has 1 amide bonds. The lowest BCUT2D eigenvalue weighted by Gasteiger charge is -2.23. The molecular formula is C12H18N2O2S. The molecule has 1 fully saturated rings. The molecule has 2 rings (SSSR count). The molecule has 0 spiro atoms. The number of rotatable bonds is 4. The lowest BCUT2D eigenvalue weighted by molar-refractivity contribution is -0.123. The van der Waals surface area contributed by atoms with Gasteiger partial charge in [0, 0.05) is 11.4 Å². The Morgan fingerprint density at radius 3 is 2.88 bits per heavy atom. The van der Waals surface area contributed by atoms with Gasteiger partial charge in [-0.25, -0.2) is 0 Å². The van der Waals surface area contributed by atoms with Crippen LogP contribution >= 0.6 is 11.3 Å². The number of amides is 1. The summed E-state index contributed by atoms with van der Waals surface area (Å²) in [4.78, 5) is 12.6. The molecule has 0 bridgehead atoms. The third-order valence-electron chi connectivity index (χ3n) is 3.26. The second kappa shape index (κ2) is 5.16. The molecule has 1 aliphatic carbocycles. The second-order valence-corrected chi connectivity index (χ2v) is 5.62. The maximum Gasteiger partial charge on any atom is 0.242 e. The van der Waals surface area contributed by atoms with Crippen LogP contribution in [0.5, 0.6) is 0 Å². The Morgan fingerprint density at radius 1 is 1.59 bits per heavy atom. The molecule has 0 saturated heterocycles. The van der Waals surface area contributed by atoms with Crippen molar-refractivity contribution in [3.63, 3.8) is 0 Å². The second-order valence-electron chi connectivity index (χ2n) is 4.64. The predicted molar refractivity (Wildman–Crippen MR) is 67.7 cm³/mol. The maximum absolute atomic E-state index is 11.8. The summed E-state index contributed by atoms with van der Waals surface area (Å²) in [5, 5.41) is 14.7. The average Bonchev–Trinajstić information content (AvgIpc) is 2.96. The van der Waals surface area contributed by atoms with Gasteiger partial charge in [-0.15, -0.1) is 11.3 Å². The zero-order valence-electron chi connectivity index (χ0n) is 9.69. The average molecular weight is 254 g/mol. The van der Waals surface area contributed by atoms with E-state index >= 15 is 0 Å². The Balaban J connectivity index is 1.85. The van der Waals surface area contributed by atoms with Crippen molar-refractivity contribution in [3.8, 4) is 0 Å². The number of nitrogens with two attached hydrogens (primary N) is 1. The van der Waals surface area contributed by atoms with Gasteiger partial charge in [0.2, 0.25) is 5.91 Å². The van der Waals surface area contributed by atoms with Gasteiger partial charge >= 0.3 is 0 Å². The summed E-state index contributed by atoms with van der Waals surface area (Å²) in [7, 11) is 0. The topological polar surface area (TPSA) is 75.4 Å². The molecule has 17 heavy (non-hydrogen) atoms. The zero-order valence-corrected chi connectivity index (χ0v) is 10.5. The molecule has 4 N–H and O–H groups in total. The molecule has 1 heterocycles. The first-order chi connectivity index (χ1) is 8.11. The highest BCUT2D eigenvalue weighted by atomic mass is 32.1. The standard InChI is InChI=1S/C12H18N2O2S/c13-10(9-4-3-7-17-9)11(15)14-8-12(16)5-1-2-6-12/h3-4,7,10,16H,1-2,5-6,8,13H2,(H,14,15). The quantitative estimate of drug-likeness (QED) is 0.755. The van der Waals surface area contributed by atoms with Crippen molar-refractivity contribution in [2.75, 3.05) is 6.54 Å². The summed E-state index contributed by atoms with van der Waals surface area (Å²) in [6.45, 7) is 0.310. The predicted octanol–water partition coefficient (Wildman–Crippen LogP) is 1.17. The number of aliphatic hydroxyl groups is 1. The van der Waals surface area contributed by atoms with Crippen LogP contribution in [0.4, 0.5) is 0 Å². The number of hydrogen-bond donors (Lipinski definition) is 3. The third kappa shape index (κ3) is 3.06. The molecular weight excluding hydrogens is 236 g/mol. The molecule has 1 aromatic heterocycles. The number of carbonyl (C=O) groups excluding carboxylic acids is 1. The van der Waals surface area contributed by atoms with Crippen molar-refractivity contribution in [3.05, 3.63) is 22.4 Å². The fourth-order valence-corrected chi connectivity index (χ4v) is 2.89. The van der Waals surface area contributed by atoms with Gasteiger partial charge in [-0.05, 0) is 24.3 Å². The van der Waals surface area contributed by atoms with E-state index in [0.29, 0.717) is 6.54 Å². The van der Waals surface area contributed by atoms with Crippen molar-refractivity contribution in [1.29, 1.82) is 0 Å². The van der Waals surface area contributed by atoms with Gasteiger partial charge in [-0.2, -0.15) is 0 Å². The van der Waals surface area contributed by atoms with E-state index in [1.54, 1.807) is 0 Å². The van der Waals surface area contributed by atoms with Gasteiger partial charge in [-0.3, -0.25) is 4.79 Å². The lowest BCUT2D eigenvalue weighted by atomic mass is 10.0. The van der Waals surface area contributed by atoms with E-state index < -0.39 is 11.6 Å². The fourth-order valence-electron chi connectivity index (χ4n) is 2.17. The number of carbonyl (C=O) groups is 1. The smallest absolute Gasteiger partial charge is 0.242 e. The normalized spacial score (nSPS) is 20.1. The van der Waals surface area contributed by atoms with Crippen molar-refractivity contribution < 1.29 is 9.90 Å². The van der Waals surface area contributed by atoms with Gasteiger partial charge in [-0.1, -0.05) is 18.9 Å². The van der Waals surface area contributed by atoms with Crippen molar-refractivity contribution in [2.45, 2.75) is 37.3 Å². The monoisotopic (exact) mass is 254 g/mol. The molecule has 1 saturated carbocycles. The maximum atomic E-state index is 11.8. The first-order valence-corrected chi connectivity index (χ1v) is 6.78. The van der Waals surface area contributed by atoms with Crippen LogP contribution in [0.2, 0.25) is 0 Å². The minimum absolute atomic E-state index is 0.215. The Bertz CT molecular complexity index is 372. The number of nitrogens with one attached hydrogen (secondary N) is 1. The molecule has 5 heteroatoms. The SMILES string of the molecule is NC(C(=O)NCC1(O)CCCC1)c1cccs1. The highest BCUT2D eigenvalue weighted by Crippen LogP contribution is 2.28. The van der Waals surface area contributed by atoms with E-state index in [2.05, 4.69) is 5.32 Å². The summed E-state index contributed by atoms with van der Waals surface area (Å²) in [6, 6.07) is 3.09. The fraction of sp³-hybridized carbons (Fsp3) is 0.583. The summed E-state index contributed by atoms with van der Waals surface area (Å²) in [5.41, 5.74) is 5.11. The number of hydrogen-bond acceptors (Lipinski definition) is 4. The Kier molecular flexibility index (Phi) is 3.81. The van der Waals surface area contributed by atoms with Gasteiger partial charge in [0.15, 0.2) is 0 Å². The van der Waals surface area contributed by atoms with Crippen molar-refractivity contribution >= 4 is 17.2 Å². The molecule has 1 aromatic rings. The Morgan fingerprint density at radius 2 is 2.29 bits per heavy atom. The van der Waals surface area contributed by atoms with Crippen LogP contribution in [-0.4, -0.2) is 23.2 Å². The largest absolute Gasteiger partial charge is 0.388 e. The molecule has 1 unspecified atom stereocenters. The van der Waals surface area contributed by atoms with E-state index in [0.717, 1.165) is 30.6 Å². The highest BCUT2D eigenvalue weighted by molar-refractivity contribution is 7.10. The van der Waals surface area contributed by atoms with Crippen LogP contribution in [0.3, 0.4) is 0 Å². The first-order valence-electron chi connectivity index (χ1n) is 5.90. The number of thiophene rings is 1. The zero-order chi connectivity index (χ0) is 12.3. The van der Waals surface area contributed by atoms with E-state index in [1.165, 1.54) is 11.3 Å². The summed E-state index contributed by atoms with van der Waals surface area (Å²) < 4.78 is 0. The Hall–Kier alpha value is -0.910. The summed E-state index contributed by atoms with van der Waals surface area (Å²) in [6.07, 6.45) is 3.59. The van der Waals surface area contributed by atoms with Gasteiger partial charge in [0.05, 0.1) is 5.60 Å². The summed E-state index contributed by atoms with van der Waals surface area (Å²) >= 11 is 1.47. The van der Waals surface area contributed by atoms with Gasteiger partial charge < -0.3 is 16.2 Å². The van der Waals surface area contributed by atoms with E-state index in [9.17, 15) is 9.90 Å². The molecule has 0 aromatic carbocycles. The van der Waals surface area contributed by atoms with Gasteiger partial charge in [0.25, 0.3) is 0 Å². The Labute approximate surface area is 105 Å². The first kappa shape index (κ1) is 12.5. The molecule has 1 aliphatic rings. The molecule has 1 atom stereocenters. The van der Waals surface area contributed by atoms with Crippen LogP contribution in [0.1, 0.15) is 36.6 Å². The van der Waals surface area contributed by atoms with E-state index in [1.807, 2.05) is 17.5 Å². The summed E-state index contributed by atoms with van der Waals surface area (Å²) in [5.74, 6) is -0.215. The van der Waals surface area contributed by atoms with Crippen LogP contribution in [0.15, 0.2) is 17.5 Å². The van der Waals surface area contributed by atoms with Crippen LogP contribution in [-0.2, 0) is 4.79 Å². The van der Waals surface area contributed by atoms with E-state index in [-0.39, 0.29) is 5.91 Å². The van der Waals surface area contributed by atoms with E-state index in [4.69, 9.17) is 5.73 Å². The van der Waals surface area contributed by atoms with Gasteiger partial charge in [0.1, 0.15) is 6.04 Å². The minimum atomic E-state index is -0.717. The highest BCUT2D eigenvalue weighted by Gasteiger charge is 2.32. The molecule has 0 radical (unpaired) electrons. The minimum Gasteiger partial charge on any atom is -0.388 e. The van der Waals surface area contributed by atoms with Crippen molar-refractivity contribution in [1.82, 2.24) is 5.32 Å². The van der Waals surface area contributed by atoms with Crippen molar-refractivity contribution in [2.24, 2.45) is 5.73 Å². The van der Waals surface area contributed by atoms with Crippen LogP contribution in [0, 0.1) is 0 Å². The molecule has 94 valence electrons. The third-order valence-corrected chi connectivity index (χ3v) is 4.21. The van der Waals surface area contributed by atoms with Crippen LogP contribution < -0.4 is 11.1 Å². The van der Waals surface area contributed by atoms with Crippen LogP contribution in [0.25, 0.3) is 0 Å².